The SMILES string of the molecule is CC(C)(c1ccccn1)[C@@](N)(OC(=O)/C=C/C(=O)O[C@@](N)(c1cccc(F)c1)C(C)(C)c1ccccn1)c1cccc(F)c1. The van der Waals surface area contributed by atoms with Crippen molar-refractivity contribution in [3.63, 3.8) is 0 Å². The molecule has 0 saturated heterocycles. The van der Waals surface area contributed by atoms with Crippen molar-refractivity contribution in [2.45, 2.75) is 50.0 Å². The van der Waals surface area contributed by atoms with Crippen molar-refractivity contribution in [1.82, 2.24) is 9.97 Å². The summed E-state index contributed by atoms with van der Waals surface area (Å²) >= 11 is 0. The van der Waals surface area contributed by atoms with Crippen LogP contribution in [0.5, 0.6) is 0 Å². The van der Waals surface area contributed by atoms with E-state index in [9.17, 15) is 18.4 Å². The Balaban J connectivity index is 1.65. The Morgan fingerprint density at radius 1 is 0.636 bits per heavy atom. The number of aromatic nitrogens is 2. The molecule has 44 heavy (non-hydrogen) atoms. The highest BCUT2D eigenvalue weighted by molar-refractivity contribution is 5.92. The molecule has 2 heterocycles. The second-order valence-corrected chi connectivity index (χ2v) is 11.3. The maximum absolute atomic E-state index is 14.3. The standard InChI is InChI=1S/C34H34F2N4O4/c1-31(2,27-15-5-7-19-39-27)33(37,23-11-9-13-25(35)21-23)43-29(41)17-18-30(42)44-34(38,24-12-10-14-26(36)22-24)32(3,4)28-16-6-8-20-40-28/h5-22H,37-38H2,1-4H3/b18-17+/t33-,34-/m0/s1. The first kappa shape index (κ1) is 32.1. The van der Waals surface area contributed by atoms with Crippen molar-refractivity contribution in [3.05, 3.63) is 144 Å². The predicted octanol–water partition coefficient (Wildman–Crippen LogP) is 5.28. The van der Waals surface area contributed by atoms with Crippen LogP contribution in [-0.4, -0.2) is 21.9 Å². The molecule has 0 aliphatic heterocycles. The number of benzene rings is 2. The Bertz CT molecular complexity index is 1540. The Morgan fingerprint density at radius 3 is 1.34 bits per heavy atom. The zero-order chi connectivity index (χ0) is 32.2. The van der Waals surface area contributed by atoms with E-state index in [1.165, 1.54) is 36.4 Å². The number of nitrogens with two attached hydrogens (primary N) is 2. The molecule has 228 valence electrons. The molecular weight excluding hydrogens is 566 g/mol. The molecular formula is C34H34F2N4O4. The number of carbonyl (C=O) groups is 2. The van der Waals surface area contributed by atoms with Crippen molar-refractivity contribution >= 4 is 11.9 Å². The number of pyridine rings is 2. The lowest BCUT2D eigenvalue weighted by molar-refractivity contribution is -0.166. The maximum Gasteiger partial charge on any atom is 0.333 e. The van der Waals surface area contributed by atoms with Crippen LogP contribution in [0, 0.1) is 11.6 Å². The molecule has 0 amide bonds. The summed E-state index contributed by atoms with van der Waals surface area (Å²) in [6.07, 6.45) is 4.78. The topological polar surface area (TPSA) is 130 Å². The second-order valence-electron chi connectivity index (χ2n) is 11.3. The van der Waals surface area contributed by atoms with Gasteiger partial charge in [0, 0.05) is 35.7 Å². The number of halogens is 2. The van der Waals surface area contributed by atoms with Crippen LogP contribution in [0.15, 0.2) is 109 Å². The molecule has 0 bridgehead atoms. The van der Waals surface area contributed by atoms with Gasteiger partial charge in [-0.2, -0.15) is 0 Å². The first-order valence-corrected chi connectivity index (χ1v) is 13.8. The summed E-state index contributed by atoms with van der Waals surface area (Å²) in [7, 11) is 0. The minimum absolute atomic E-state index is 0.168. The summed E-state index contributed by atoms with van der Waals surface area (Å²) < 4.78 is 40.1. The minimum atomic E-state index is -1.92. The summed E-state index contributed by atoms with van der Waals surface area (Å²) in [4.78, 5) is 35.1. The van der Waals surface area contributed by atoms with Gasteiger partial charge in [-0.3, -0.25) is 21.4 Å². The number of hydrogen-bond donors (Lipinski definition) is 2. The molecule has 8 nitrogen and oxygen atoms in total. The molecule has 0 saturated carbocycles. The molecule has 2 atom stereocenters. The van der Waals surface area contributed by atoms with Gasteiger partial charge in [0.1, 0.15) is 11.6 Å². The molecule has 4 aromatic rings. The minimum Gasteiger partial charge on any atom is -0.436 e. The molecule has 0 fully saturated rings. The van der Waals surface area contributed by atoms with Gasteiger partial charge in [-0.25, -0.2) is 18.4 Å². The monoisotopic (exact) mass is 600 g/mol. The van der Waals surface area contributed by atoms with E-state index in [0.717, 1.165) is 24.3 Å². The molecule has 0 spiro atoms. The number of nitrogens with zero attached hydrogens (tertiary/aromatic N) is 2. The van der Waals surface area contributed by atoms with Gasteiger partial charge in [-0.1, -0.05) is 36.4 Å². The Hall–Kier alpha value is -4.80. The Kier molecular flexibility index (Phi) is 9.08. The highest BCUT2D eigenvalue weighted by atomic mass is 19.1. The third-order valence-electron chi connectivity index (χ3n) is 7.85. The summed E-state index contributed by atoms with van der Waals surface area (Å²) in [6.45, 7) is 6.81. The van der Waals surface area contributed by atoms with Crippen LogP contribution < -0.4 is 11.5 Å². The smallest absolute Gasteiger partial charge is 0.333 e. The van der Waals surface area contributed by atoms with Crippen molar-refractivity contribution in [2.75, 3.05) is 0 Å². The highest BCUT2D eigenvalue weighted by Crippen LogP contribution is 2.42. The zero-order valence-electron chi connectivity index (χ0n) is 24.8. The fourth-order valence-corrected chi connectivity index (χ4v) is 4.90. The van der Waals surface area contributed by atoms with E-state index in [2.05, 4.69) is 9.97 Å². The van der Waals surface area contributed by atoms with E-state index in [1.807, 2.05) is 0 Å². The lowest BCUT2D eigenvalue weighted by atomic mass is 9.74. The summed E-state index contributed by atoms with van der Waals surface area (Å²) in [5.41, 5.74) is 8.63. The van der Waals surface area contributed by atoms with E-state index < -0.39 is 45.9 Å². The van der Waals surface area contributed by atoms with E-state index in [0.29, 0.717) is 11.4 Å². The van der Waals surface area contributed by atoms with Crippen molar-refractivity contribution < 1.29 is 27.8 Å². The Labute approximate surface area is 254 Å². The van der Waals surface area contributed by atoms with E-state index in [1.54, 1.807) is 76.5 Å². The first-order chi connectivity index (χ1) is 20.7. The Morgan fingerprint density at radius 2 is 1.02 bits per heavy atom. The van der Waals surface area contributed by atoms with Gasteiger partial charge < -0.3 is 9.47 Å². The fraction of sp³-hybridized carbons (Fsp3) is 0.235. The van der Waals surface area contributed by atoms with Crippen LogP contribution in [0.4, 0.5) is 8.78 Å². The van der Waals surface area contributed by atoms with Crippen LogP contribution in [-0.2, 0) is 41.3 Å². The van der Waals surface area contributed by atoms with Gasteiger partial charge in [0.25, 0.3) is 0 Å². The van der Waals surface area contributed by atoms with E-state index in [4.69, 9.17) is 20.9 Å². The average Bonchev–Trinajstić information content (AvgIpc) is 3.00. The number of ether oxygens (including phenoxy) is 2. The van der Waals surface area contributed by atoms with Crippen LogP contribution in [0.2, 0.25) is 0 Å². The number of esters is 2. The molecule has 0 aliphatic rings. The molecule has 2 aromatic carbocycles. The van der Waals surface area contributed by atoms with Crippen molar-refractivity contribution in [2.24, 2.45) is 11.5 Å². The van der Waals surface area contributed by atoms with Gasteiger partial charge in [-0.05, 0) is 76.2 Å². The molecule has 0 radical (unpaired) electrons. The third-order valence-corrected chi connectivity index (χ3v) is 7.85. The zero-order valence-corrected chi connectivity index (χ0v) is 24.8. The summed E-state index contributed by atoms with van der Waals surface area (Å²) in [5.74, 6) is -3.21. The van der Waals surface area contributed by atoms with Crippen LogP contribution >= 0.6 is 0 Å². The molecule has 4 rings (SSSR count). The van der Waals surface area contributed by atoms with Crippen molar-refractivity contribution in [3.8, 4) is 0 Å². The van der Waals surface area contributed by atoms with Crippen LogP contribution in [0.1, 0.15) is 50.2 Å². The van der Waals surface area contributed by atoms with Crippen LogP contribution in [0.25, 0.3) is 0 Å². The second kappa shape index (κ2) is 12.4. The van der Waals surface area contributed by atoms with Gasteiger partial charge >= 0.3 is 11.9 Å². The molecule has 0 aliphatic carbocycles. The number of carbonyl (C=O) groups excluding carboxylic acids is 2. The molecule has 10 heteroatoms. The van der Waals surface area contributed by atoms with Gasteiger partial charge in [0.15, 0.2) is 11.4 Å². The normalized spacial score (nSPS) is 14.8. The van der Waals surface area contributed by atoms with Gasteiger partial charge in [-0.15, -0.1) is 0 Å². The summed E-state index contributed by atoms with van der Waals surface area (Å²) in [6, 6.07) is 21.1. The highest BCUT2D eigenvalue weighted by Gasteiger charge is 2.50. The predicted molar refractivity (Wildman–Crippen MR) is 160 cm³/mol. The molecule has 4 N–H and O–H groups in total. The summed E-state index contributed by atoms with van der Waals surface area (Å²) in [5, 5.41) is 0. The molecule has 0 unspecified atom stereocenters. The maximum atomic E-state index is 14.3. The largest absolute Gasteiger partial charge is 0.436 e. The fourth-order valence-electron chi connectivity index (χ4n) is 4.90. The first-order valence-electron chi connectivity index (χ1n) is 13.8. The number of hydrogen-bond acceptors (Lipinski definition) is 8. The van der Waals surface area contributed by atoms with E-state index in [-0.39, 0.29) is 11.1 Å². The average molecular weight is 601 g/mol. The quantitative estimate of drug-likeness (QED) is 0.143. The van der Waals surface area contributed by atoms with Crippen molar-refractivity contribution in [1.29, 1.82) is 0 Å². The van der Waals surface area contributed by atoms with Gasteiger partial charge in [0.2, 0.25) is 0 Å². The molecule has 2 aromatic heterocycles. The van der Waals surface area contributed by atoms with Gasteiger partial charge in [0.05, 0.1) is 22.2 Å². The third kappa shape index (κ3) is 6.27. The van der Waals surface area contributed by atoms with E-state index >= 15 is 0 Å². The van der Waals surface area contributed by atoms with Crippen LogP contribution in [0.3, 0.4) is 0 Å². The lowest BCUT2D eigenvalue weighted by Crippen LogP contribution is -2.56. The number of rotatable bonds is 10. The lowest BCUT2D eigenvalue weighted by Gasteiger charge is -2.43.